The average Bonchev–Trinajstić information content (AvgIpc) is 2.75. The first-order chi connectivity index (χ1) is 6.60. The number of hydrogen-bond acceptors (Lipinski definition) is 4. The van der Waals surface area contributed by atoms with Gasteiger partial charge in [-0.25, -0.2) is 4.79 Å². The van der Waals surface area contributed by atoms with Crippen LogP contribution in [0.2, 0.25) is 0 Å². The third-order valence-electron chi connectivity index (χ3n) is 3.18. The van der Waals surface area contributed by atoms with Gasteiger partial charge < -0.3 is 14.9 Å². The number of hydrogen-bond donors (Lipinski definition) is 2. The van der Waals surface area contributed by atoms with E-state index in [0.29, 0.717) is 12.8 Å². The van der Waals surface area contributed by atoms with Gasteiger partial charge in [-0.1, -0.05) is 0 Å². The number of nitriles is 1. The summed E-state index contributed by atoms with van der Waals surface area (Å²) in [6, 6.07) is 1.93. The topological polar surface area (TPSA) is 90.5 Å². The smallest absolute Gasteiger partial charge is 0.334 e. The number of carbonyl (C=O) groups is 1. The Hall–Kier alpha value is -1.12. The summed E-state index contributed by atoms with van der Waals surface area (Å²) < 4.78 is 5.40. The number of carboxylic acids is 1. The van der Waals surface area contributed by atoms with Crippen LogP contribution < -0.4 is 0 Å². The van der Waals surface area contributed by atoms with Crippen molar-refractivity contribution in [3.63, 3.8) is 0 Å². The van der Waals surface area contributed by atoms with Crippen molar-refractivity contribution >= 4 is 5.97 Å². The standard InChI is InChI=1S/C9H11NO4/c10-4-9(7(11)8(12)13)3-5-1-2-6(9)14-5/h5-7,11H,1-3H2,(H,12,13). The van der Waals surface area contributed by atoms with Gasteiger partial charge in [0.15, 0.2) is 6.10 Å². The quantitative estimate of drug-likeness (QED) is 0.644. The highest BCUT2D eigenvalue weighted by atomic mass is 16.5. The van der Waals surface area contributed by atoms with Gasteiger partial charge in [0.1, 0.15) is 5.41 Å². The van der Waals surface area contributed by atoms with Gasteiger partial charge in [0.05, 0.1) is 18.3 Å². The van der Waals surface area contributed by atoms with Crippen LogP contribution in [0.1, 0.15) is 19.3 Å². The maximum atomic E-state index is 10.7. The van der Waals surface area contributed by atoms with E-state index < -0.39 is 23.6 Å². The Bertz CT molecular complexity index is 310. The number of aliphatic hydroxyl groups is 1. The molecule has 0 aromatic carbocycles. The van der Waals surface area contributed by atoms with Crippen molar-refractivity contribution in [2.75, 3.05) is 0 Å². The molecule has 0 amide bonds. The van der Waals surface area contributed by atoms with Crippen LogP contribution in [0.3, 0.4) is 0 Å². The zero-order chi connectivity index (χ0) is 10.3. The fraction of sp³-hybridized carbons (Fsp3) is 0.778. The summed E-state index contributed by atoms with van der Waals surface area (Å²) in [7, 11) is 0. The maximum Gasteiger partial charge on any atom is 0.334 e. The Kier molecular flexibility index (Phi) is 1.98. The molecule has 0 radical (unpaired) electrons. The highest BCUT2D eigenvalue weighted by Crippen LogP contribution is 2.49. The van der Waals surface area contributed by atoms with Crippen molar-refractivity contribution in [3.8, 4) is 6.07 Å². The minimum absolute atomic E-state index is 0.0475. The Morgan fingerprint density at radius 1 is 1.64 bits per heavy atom. The van der Waals surface area contributed by atoms with Gasteiger partial charge in [-0.2, -0.15) is 5.26 Å². The minimum Gasteiger partial charge on any atom is -0.479 e. The van der Waals surface area contributed by atoms with E-state index >= 15 is 0 Å². The van der Waals surface area contributed by atoms with E-state index in [0.717, 1.165) is 6.42 Å². The van der Waals surface area contributed by atoms with Crippen molar-refractivity contribution in [2.45, 2.75) is 37.6 Å². The van der Waals surface area contributed by atoms with E-state index in [1.807, 2.05) is 6.07 Å². The normalized spacial score (nSPS) is 42.0. The molecule has 0 saturated carbocycles. The molecule has 2 bridgehead atoms. The van der Waals surface area contributed by atoms with E-state index in [9.17, 15) is 9.90 Å². The molecule has 5 heteroatoms. The molecule has 0 aromatic heterocycles. The van der Waals surface area contributed by atoms with Crippen LogP contribution >= 0.6 is 0 Å². The zero-order valence-corrected chi connectivity index (χ0v) is 7.51. The molecule has 14 heavy (non-hydrogen) atoms. The summed E-state index contributed by atoms with van der Waals surface area (Å²) in [6.07, 6.45) is -0.231. The first-order valence-corrected chi connectivity index (χ1v) is 4.58. The van der Waals surface area contributed by atoms with Crippen LogP contribution in [0.5, 0.6) is 0 Å². The highest BCUT2D eigenvalue weighted by Gasteiger charge is 2.59. The second kappa shape index (κ2) is 2.94. The van der Waals surface area contributed by atoms with Crippen LogP contribution in [0.15, 0.2) is 0 Å². The van der Waals surface area contributed by atoms with Crippen molar-refractivity contribution in [2.24, 2.45) is 5.41 Å². The summed E-state index contributed by atoms with van der Waals surface area (Å²) in [6.45, 7) is 0. The molecule has 2 saturated heterocycles. The molecular formula is C9H11NO4. The molecule has 2 rings (SSSR count). The number of aliphatic carboxylic acids is 1. The number of rotatable bonds is 2. The lowest BCUT2D eigenvalue weighted by Crippen LogP contribution is -2.46. The molecule has 0 aliphatic carbocycles. The maximum absolute atomic E-state index is 10.7. The largest absolute Gasteiger partial charge is 0.479 e. The summed E-state index contributed by atoms with van der Waals surface area (Å²) in [5, 5.41) is 27.2. The molecular weight excluding hydrogens is 186 g/mol. The molecule has 2 N–H and O–H groups in total. The zero-order valence-electron chi connectivity index (χ0n) is 7.51. The van der Waals surface area contributed by atoms with Gasteiger partial charge in [-0.15, -0.1) is 0 Å². The summed E-state index contributed by atoms with van der Waals surface area (Å²) in [5.41, 5.74) is -1.23. The number of fused-ring (bicyclic) bond motifs is 2. The van der Waals surface area contributed by atoms with Crippen LogP contribution in [0.25, 0.3) is 0 Å². The monoisotopic (exact) mass is 197 g/mol. The summed E-state index contributed by atoms with van der Waals surface area (Å²) in [4.78, 5) is 10.7. The summed E-state index contributed by atoms with van der Waals surface area (Å²) >= 11 is 0. The lowest BCUT2D eigenvalue weighted by atomic mass is 9.71. The third-order valence-corrected chi connectivity index (χ3v) is 3.18. The van der Waals surface area contributed by atoms with Crippen molar-refractivity contribution in [3.05, 3.63) is 0 Å². The average molecular weight is 197 g/mol. The Balaban J connectivity index is 2.28. The van der Waals surface area contributed by atoms with Gasteiger partial charge in [0, 0.05) is 0 Å². The molecule has 0 aromatic rings. The van der Waals surface area contributed by atoms with Crippen molar-refractivity contribution in [1.29, 1.82) is 5.26 Å². The summed E-state index contributed by atoms with van der Waals surface area (Å²) in [5.74, 6) is -1.34. The van der Waals surface area contributed by atoms with Crippen molar-refractivity contribution < 1.29 is 19.7 Å². The molecule has 2 heterocycles. The number of carboxylic acid groups (broad SMARTS) is 1. The van der Waals surface area contributed by atoms with Crippen LogP contribution in [-0.4, -0.2) is 34.5 Å². The highest BCUT2D eigenvalue weighted by molar-refractivity contribution is 5.74. The molecule has 4 unspecified atom stereocenters. The Morgan fingerprint density at radius 2 is 2.36 bits per heavy atom. The van der Waals surface area contributed by atoms with Gasteiger partial charge in [-0.05, 0) is 19.3 Å². The molecule has 2 aliphatic heterocycles. The van der Waals surface area contributed by atoms with Crippen molar-refractivity contribution in [1.82, 2.24) is 0 Å². The van der Waals surface area contributed by atoms with Gasteiger partial charge in [0.25, 0.3) is 0 Å². The third kappa shape index (κ3) is 1.04. The first-order valence-electron chi connectivity index (χ1n) is 4.58. The van der Waals surface area contributed by atoms with Crippen LogP contribution in [0, 0.1) is 16.7 Å². The van der Waals surface area contributed by atoms with E-state index in [1.54, 1.807) is 0 Å². The van der Waals surface area contributed by atoms with Crippen LogP contribution in [0.4, 0.5) is 0 Å². The molecule has 2 fully saturated rings. The molecule has 76 valence electrons. The molecule has 5 nitrogen and oxygen atoms in total. The van der Waals surface area contributed by atoms with E-state index in [4.69, 9.17) is 15.1 Å². The number of ether oxygens (including phenoxy) is 1. The SMILES string of the molecule is N#CC1(C(O)C(=O)O)CC2CCC1O2. The first kappa shape index (κ1) is 9.44. The van der Waals surface area contributed by atoms with E-state index in [1.165, 1.54) is 0 Å². The van der Waals surface area contributed by atoms with Gasteiger partial charge >= 0.3 is 5.97 Å². The minimum atomic E-state index is -1.64. The fourth-order valence-corrected chi connectivity index (χ4v) is 2.43. The lowest BCUT2D eigenvalue weighted by Gasteiger charge is -2.30. The number of aliphatic hydroxyl groups excluding tert-OH is 1. The molecule has 2 aliphatic rings. The predicted octanol–water partition coefficient (Wildman–Crippen LogP) is -0.107. The van der Waals surface area contributed by atoms with Gasteiger partial charge in [-0.3, -0.25) is 0 Å². The van der Waals surface area contributed by atoms with Gasteiger partial charge in [0.2, 0.25) is 0 Å². The van der Waals surface area contributed by atoms with Crippen LogP contribution in [-0.2, 0) is 9.53 Å². The van der Waals surface area contributed by atoms with E-state index in [-0.39, 0.29) is 6.10 Å². The predicted molar refractivity (Wildman–Crippen MR) is 44.2 cm³/mol. The Labute approximate surface area is 80.9 Å². The lowest BCUT2D eigenvalue weighted by molar-refractivity contribution is -0.154. The van der Waals surface area contributed by atoms with E-state index in [2.05, 4.69) is 0 Å². The Morgan fingerprint density at radius 3 is 2.71 bits per heavy atom. The number of nitrogens with zero attached hydrogens (tertiary/aromatic N) is 1. The second-order valence-corrected chi connectivity index (χ2v) is 3.92. The second-order valence-electron chi connectivity index (χ2n) is 3.92. The molecule has 4 atom stereocenters. The molecule has 0 spiro atoms. The fourth-order valence-electron chi connectivity index (χ4n) is 2.43.